The maximum Gasteiger partial charge on any atom is 0.416 e. The number of nitrogens with one attached hydrogen (secondary N) is 1. The van der Waals surface area contributed by atoms with E-state index in [1.165, 1.54) is 6.07 Å². The van der Waals surface area contributed by atoms with Gasteiger partial charge in [-0.2, -0.15) is 13.2 Å². The van der Waals surface area contributed by atoms with E-state index in [0.29, 0.717) is 12.0 Å². The van der Waals surface area contributed by atoms with Gasteiger partial charge in [0.2, 0.25) is 5.91 Å². The lowest BCUT2D eigenvalue weighted by Crippen LogP contribution is -2.26. The molecule has 2 nitrogen and oxygen atoms in total. The van der Waals surface area contributed by atoms with Crippen LogP contribution >= 0.6 is 0 Å². The largest absolute Gasteiger partial charge is 0.416 e. The molecule has 0 bridgehead atoms. The van der Waals surface area contributed by atoms with Gasteiger partial charge >= 0.3 is 6.18 Å². The molecule has 1 rings (SSSR count). The van der Waals surface area contributed by atoms with Crippen LogP contribution in [0.1, 0.15) is 50.3 Å². The first kappa shape index (κ1) is 15.5. The Morgan fingerprint density at radius 1 is 1.37 bits per heavy atom. The van der Waals surface area contributed by atoms with Crippen molar-refractivity contribution in [1.29, 1.82) is 0 Å². The van der Waals surface area contributed by atoms with Gasteiger partial charge in [-0.3, -0.25) is 4.79 Å². The third kappa shape index (κ3) is 4.93. The average Bonchev–Trinajstić information content (AvgIpc) is 2.35. The summed E-state index contributed by atoms with van der Waals surface area (Å²) in [6.45, 7) is 3.66. The molecule has 0 aromatic heterocycles. The van der Waals surface area contributed by atoms with Crippen LogP contribution in [0.2, 0.25) is 0 Å². The number of alkyl halides is 3. The van der Waals surface area contributed by atoms with Gasteiger partial charge in [-0.25, -0.2) is 0 Å². The smallest absolute Gasteiger partial charge is 0.350 e. The first-order valence-corrected chi connectivity index (χ1v) is 6.31. The number of hydrogen-bond donors (Lipinski definition) is 1. The van der Waals surface area contributed by atoms with Gasteiger partial charge in [-0.05, 0) is 31.0 Å². The lowest BCUT2D eigenvalue weighted by atomic mass is 10.0. The highest BCUT2D eigenvalue weighted by atomic mass is 19.4. The minimum absolute atomic E-state index is 0.133. The van der Waals surface area contributed by atoms with Gasteiger partial charge in [0.15, 0.2) is 0 Å². The second-order valence-corrected chi connectivity index (χ2v) is 4.52. The zero-order chi connectivity index (χ0) is 14.5. The third-order valence-electron chi connectivity index (χ3n) is 2.85. The highest BCUT2D eigenvalue weighted by Crippen LogP contribution is 2.30. The lowest BCUT2D eigenvalue weighted by Gasteiger charge is -2.16. The molecule has 0 radical (unpaired) electrons. The number of halogens is 3. The van der Waals surface area contributed by atoms with Crippen LogP contribution in [0, 0.1) is 0 Å². The summed E-state index contributed by atoms with van der Waals surface area (Å²) in [4.78, 5) is 11.5. The highest BCUT2D eigenvalue weighted by Gasteiger charge is 2.30. The van der Waals surface area contributed by atoms with E-state index in [1.54, 1.807) is 13.0 Å². The van der Waals surface area contributed by atoms with E-state index in [0.717, 1.165) is 25.0 Å². The van der Waals surface area contributed by atoms with Crippen LogP contribution < -0.4 is 5.32 Å². The molecular formula is C14H18F3NO. The van der Waals surface area contributed by atoms with Gasteiger partial charge in [0, 0.05) is 6.42 Å². The summed E-state index contributed by atoms with van der Waals surface area (Å²) in [5.41, 5.74) is -0.237. The van der Waals surface area contributed by atoms with Gasteiger partial charge in [0.25, 0.3) is 0 Å². The van der Waals surface area contributed by atoms with Gasteiger partial charge in [-0.1, -0.05) is 25.5 Å². The van der Waals surface area contributed by atoms with Crippen LogP contribution in [-0.4, -0.2) is 5.91 Å². The molecule has 19 heavy (non-hydrogen) atoms. The van der Waals surface area contributed by atoms with Crippen molar-refractivity contribution < 1.29 is 18.0 Å². The Hall–Kier alpha value is -1.52. The van der Waals surface area contributed by atoms with E-state index < -0.39 is 17.8 Å². The molecule has 0 heterocycles. The molecule has 0 aliphatic carbocycles. The standard InChI is InChI=1S/C14H18F3NO/c1-3-4-8-13(19)18-10(2)11-6-5-7-12(9-11)14(15,16)17/h5-7,9-10H,3-4,8H2,1-2H3,(H,18,19)/t10-/m0/s1. The molecule has 1 aromatic carbocycles. The van der Waals surface area contributed by atoms with E-state index in [-0.39, 0.29) is 5.91 Å². The third-order valence-corrected chi connectivity index (χ3v) is 2.85. The summed E-state index contributed by atoms with van der Waals surface area (Å²) in [5.74, 6) is -0.133. The zero-order valence-electron chi connectivity index (χ0n) is 11.1. The van der Waals surface area contributed by atoms with Crippen molar-refractivity contribution in [2.45, 2.75) is 45.3 Å². The van der Waals surface area contributed by atoms with Crippen molar-refractivity contribution >= 4 is 5.91 Å². The lowest BCUT2D eigenvalue weighted by molar-refractivity contribution is -0.137. The maximum absolute atomic E-state index is 12.6. The van der Waals surface area contributed by atoms with Crippen molar-refractivity contribution in [2.24, 2.45) is 0 Å². The summed E-state index contributed by atoms with van der Waals surface area (Å²) in [6, 6.07) is 4.61. The van der Waals surface area contributed by atoms with Gasteiger partial charge in [0.1, 0.15) is 0 Å². The van der Waals surface area contributed by atoms with Crippen LogP contribution in [0.15, 0.2) is 24.3 Å². The summed E-state index contributed by atoms with van der Waals surface area (Å²) in [6.07, 6.45) is -2.27. The Labute approximate surface area is 111 Å². The number of carbonyl (C=O) groups excluding carboxylic acids is 1. The second kappa shape index (κ2) is 6.59. The monoisotopic (exact) mass is 273 g/mol. The fourth-order valence-electron chi connectivity index (χ4n) is 1.72. The number of rotatable bonds is 5. The molecule has 0 aliphatic rings. The Bertz CT molecular complexity index is 429. The molecule has 1 amide bonds. The Morgan fingerprint density at radius 3 is 2.63 bits per heavy atom. The predicted molar refractivity (Wildman–Crippen MR) is 67.5 cm³/mol. The van der Waals surface area contributed by atoms with E-state index in [9.17, 15) is 18.0 Å². The molecule has 0 spiro atoms. The van der Waals surface area contributed by atoms with E-state index in [4.69, 9.17) is 0 Å². The topological polar surface area (TPSA) is 29.1 Å². The summed E-state index contributed by atoms with van der Waals surface area (Å²) in [7, 11) is 0. The molecule has 106 valence electrons. The summed E-state index contributed by atoms with van der Waals surface area (Å²) in [5, 5.41) is 2.70. The second-order valence-electron chi connectivity index (χ2n) is 4.52. The van der Waals surface area contributed by atoms with E-state index >= 15 is 0 Å². The Morgan fingerprint density at radius 2 is 2.05 bits per heavy atom. The quantitative estimate of drug-likeness (QED) is 0.860. The van der Waals surface area contributed by atoms with Gasteiger partial charge in [0.05, 0.1) is 11.6 Å². The number of unbranched alkanes of at least 4 members (excludes halogenated alkanes) is 1. The van der Waals surface area contributed by atoms with Gasteiger partial charge in [-0.15, -0.1) is 0 Å². The van der Waals surface area contributed by atoms with Crippen molar-refractivity contribution in [1.82, 2.24) is 5.32 Å². The summed E-state index contributed by atoms with van der Waals surface area (Å²) < 4.78 is 37.7. The number of amides is 1. The van der Waals surface area contributed by atoms with Gasteiger partial charge < -0.3 is 5.32 Å². The molecule has 1 aromatic rings. The average molecular weight is 273 g/mol. The molecule has 0 saturated heterocycles. The molecule has 0 fully saturated rings. The minimum Gasteiger partial charge on any atom is -0.350 e. The fourth-order valence-corrected chi connectivity index (χ4v) is 1.72. The highest BCUT2D eigenvalue weighted by molar-refractivity contribution is 5.76. The van der Waals surface area contributed by atoms with Crippen molar-refractivity contribution in [3.63, 3.8) is 0 Å². The SMILES string of the molecule is CCCCC(=O)N[C@@H](C)c1cccc(C(F)(F)F)c1. The first-order chi connectivity index (χ1) is 8.84. The van der Waals surface area contributed by atoms with Crippen LogP contribution in [0.3, 0.4) is 0 Å². The number of benzene rings is 1. The molecular weight excluding hydrogens is 255 g/mol. The Kier molecular flexibility index (Phi) is 5.39. The Balaban J connectivity index is 2.72. The number of carbonyl (C=O) groups is 1. The van der Waals surface area contributed by atoms with E-state index in [1.807, 2.05) is 6.92 Å². The van der Waals surface area contributed by atoms with Crippen molar-refractivity contribution in [3.05, 3.63) is 35.4 Å². The van der Waals surface area contributed by atoms with E-state index in [2.05, 4.69) is 5.32 Å². The minimum atomic E-state index is -4.36. The van der Waals surface area contributed by atoms with Crippen LogP contribution in [0.4, 0.5) is 13.2 Å². The molecule has 1 atom stereocenters. The van der Waals surface area contributed by atoms with Crippen LogP contribution in [-0.2, 0) is 11.0 Å². The van der Waals surface area contributed by atoms with Crippen LogP contribution in [0.25, 0.3) is 0 Å². The number of hydrogen-bond acceptors (Lipinski definition) is 1. The summed E-state index contributed by atoms with van der Waals surface area (Å²) >= 11 is 0. The molecule has 5 heteroatoms. The first-order valence-electron chi connectivity index (χ1n) is 6.31. The normalized spacial score (nSPS) is 13.1. The van der Waals surface area contributed by atoms with Crippen LogP contribution in [0.5, 0.6) is 0 Å². The zero-order valence-corrected chi connectivity index (χ0v) is 11.1. The maximum atomic E-state index is 12.6. The molecule has 0 saturated carbocycles. The predicted octanol–water partition coefficient (Wildman–Crippen LogP) is 4.07. The molecule has 0 unspecified atom stereocenters. The van der Waals surface area contributed by atoms with Crippen molar-refractivity contribution in [3.8, 4) is 0 Å². The van der Waals surface area contributed by atoms with Crippen molar-refractivity contribution in [2.75, 3.05) is 0 Å². The molecule has 0 aliphatic heterocycles. The molecule has 1 N–H and O–H groups in total. The fraction of sp³-hybridized carbons (Fsp3) is 0.500.